The summed E-state index contributed by atoms with van der Waals surface area (Å²) in [6.45, 7) is 0. The van der Waals surface area contributed by atoms with E-state index in [1.165, 1.54) is 6.07 Å². The third-order valence-electron chi connectivity index (χ3n) is 3.05. The van der Waals surface area contributed by atoms with E-state index in [1.807, 2.05) is 31.3 Å². The van der Waals surface area contributed by atoms with Crippen LogP contribution in [0.1, 0.15) is 17.2 Å². The van der Waals surface area contributed by atoms with Crippen LogP contribution in [0.25, 0.3) is 0 Å². The van der Waals surface area contributed by atoms with Gasteiger partial charge in [-0.05, 0) is 42.8 Å². The van der Waals surface area contributed by atoms with Crippen molar-refractivity contribution in [2.75, 3.05) is 7.05 Å². The highest BCUT2D eigenvalue weighted by molar-refractivity contribution is 9.10. The maximum absolute atomic E-state index is 13.2. The van der Waals surface area contributed by atoms with Crippen LogP contribution in [0.2, 0.25) is 0 Å². The second-order valence-electron chi connectivity index (χ2n) is 4.32. The standard InChI is InChI=1S/C15H14BrF2N/c1-19-15(11-4-2-3-5-12(11)16)9-10-6-7-13(17)14(18)8-10/h2-8,15,19H,9H2,1H3. The van der Waals surface area contributed by atoms with Gasteiger partial charge in [0.15, 0.2) is 11.6 Å². The van der Waals surface area contributed by atoms with Gasteiger partial charge in [-0.2, -0.15) is 0 Å². The van der Waals surface area contributed by atoms with Gasteiger partial charge < -0.3 is 5.32 Å². The van der Waals surface area contributed by atoms with E-state index in [0.29, 0.717) is 6.42 Å². The van der Waals surface area contributed by atoms with Crippen LogP contribution < -0.4 is 5.32 Å². The van der Waals surface area contributed by atoms with Gasteiger partial charge in [-0.25, -0.2) is 8.78 Å². The minimum atomic E-state index is -0.814. The van der Waals surface area contributed by atoms with Gasteiger partial charge in [-0.15, -0.1) is 0 Å². The number of rotatable bonds is 4. The molecule has 0 saturated heterocycles. The zero-order valence-corrected chi connectivity index (χ0v) is 12.0. The fourth-order valence-corrected chi connectivity index (χ4v) is 2.59. The van der Waals surface area contributed by atoms with E-state index in [9.17, 15) is 8.78 Å². The van der Waals surface area contributed by atoms with Crippen molar-refractivity contribution in [2.24, 2.45) is 0 Å². The second-order valence-corrected chi connectivity index (χ2v) is 5.17. The molecule has 2 aromatic rings. The Bertz CT molecular complexity index is 572. The quantitative estimate of drug-likeness (QED) is 0.887. The fourth-order valence-electron chi connectivity index (χ4n) is 2.03. The highest BCUT2D eigenvalue weighted by Crippen LogP contribution is 2.26. The van der Waals surface area contributed by atoms with E-state index in [2.05, 4.69) is 21.2 Å². The molecule has 1 atom stereocenters. The summed E-state index contributed by atoms with van der Waals surface area (Å²) in [6, 6.07) is 11.9. The first-order chi connectivity index (χ1) is 9.11. The highest BCUT2D eigenvalue weighted by Gasteiger charge is 2.14. The molecule has 19 heavy (non-hydrogen) atoms. The molecule has 0 aliphatic carbocycles. The molecule has 0 fully saturated rings. The van der Waals surface area contributed by atoms with Crippen molar-refractivity contribution >= 4 is 15.9 Å². The maximum Gasteiger partial charge on any atom is 0.159 e. The largest absolute Gasteiger partial charge is 0.313 e. The minimum Gasteiger partial charge on any atom is -0.313 e. The summed E-state index contributed by atoms with van der Waals surface area (Å²) in [7, 11) is 1.85. The number of benzene rings is 2. The fraction of sp³-hybridized carbons (Fsp3) is 0.200. The van der Waals surface area contributed by atoms with Gasteiger partial charge in [-0.1, -0.05) is 40.2 Å². The summed E-state index contributed by atoms with van der Waals surface area (Å²) < 4.78 is 27.1. The van der Waals surface area contributed by atoms with Crippen molar-refractivity contribution in [3.05, 3.63) is 69.7 Å². The SMILES string of the molecule is CNC(Cc1ccc(F)c(F)c1)c1ccccc1Br. The molecule has 0 spiro atoms. The van der Waals surface area contributed by atoms with Gasteiger partial charge in [0, 0.05) is 10.5 Å². The number of halogens is 3. The molecule has 100 valence electrons. The number of nitrogens with one attached hydrogen (secondary N) is 1. The summed E-state index contributed by atoms with van der Waals surface area (Å²) in [5, 5.41) is 3.20. The Labute approximate surface area is 119 Å². The Balaban J connectivity index is 2.24. The molecule has 0 amide bonds. The van der Waals surface area contributed by atoms with Gasteiger partial charge in [0.2, 0.25) is 0 Å². The van der Waals surface area contributed by atoms with Gasteiger partial charge in [0.1, 0.15) is 0 Å². The van der Waals surface area contributed by atoms with Crippen molar-refractivity contribution in [2.45, 2.75) is 12.5 Å². The van der Waals surface area contributed by atoms with E-state index in [0.717, 1.165) is 21.7 Å². The Morgan fingerprint density at radius 2 is 1.84 bits per heavy atom. The average Bonchev–Trinajstić information content (AvgIpc) is 2.41. The molecule has 1 unspecified atom stereocenters. The summed E-state index contributed by atoms with van der Waals surface area (Å²) in [5.41, 5.74) is 1.85. The van der Waals surface area contributed by atoms with E-state index in [-0.39, 0.29) is 6.04 Å². The number of hydrogen-bond acceptors (Lipinski definition) is 1. The lowest BCUT2D eigenvalue weighted by Crippen LogP contribution is -2.19. The van der Waals surface area contributed by atoms with E-state index in [4.69, 9.17) is 0 Å². The topological polar surface area (TPSA) is 12.0 Å². The Morgan fingerprint density at radius 1 is 1.11 bits per heavy atom. The van der Waals surface area contributed by atoms with Crippen LogP contribution >= 0.6 is 15.9 Å². The van der Waals surface area contributed by atoms with E-state index >= 15 is 0 Å². The Morgan fingerprint density at radius 3 is 2.47 bits per heavy atom. The lowest BCUT2D eigenvalue weighted by molar-refractivity contribution is 0.504. The van der Waals surface area contributed by atoms with Crippen molar-refractivity contribution < 1.29 is 8.78 Å². The first kappa shape index (κ1) is 14.2. The predicted octanol–water partition coefficient (Wildman–Crippen LogP) is 4.23. The Hall–Kier alpha value is -1.26. The molecule has 1 N–H and O–H groups in total. The van der Waals surface area contributed by atoms with Gasteiger partial charge >= 0.3 is 0 Å². The van der Waals surface area contributed by atoms with Gasteiger partial charge in [0.05, 0.1) is 0 Å². The van der Waals surface area contributed by atoms with Crippen molar-refractivity contribution in [1.29, 1.82) is 0 Å². The van der Waals surface area contributed by atoms with Gasteiger partial charge in [0.25, 0.3) is 0 Å². The molecule has 0 aromatic heterocycles. The monoisotopic (exact) mass is 325 g/mol. The predicted molar refractivity (Wildman–Crippen MR) is 76.0 cm³/mol. The molecule has 1 nitrogen and oxygen atoms in total. The molecule has 0 heterocycles. The molecule has 0 bridgehead atoms. The van der Waals surface area contributed by atoms with Crippen LogP contribution in [0.15, 0.2) is 46.9 Å². The van der Waals surface area contributed by atoms with Crippen LogP contribution in [-0.4, -0.2) is 7.05 Å². The molecular weight excluding hydrogens is 312 g/mol. The van der Waals surface area contributed by atoms with Crippen LogP contribution in [0, 0.1) is 11.6 Å². The van der Waals surface area contributed by atoms with E-state index < -0.39 is 11.6 Å². The third kappa shape index (κ3) is 3.39. The lowest BCUT2D eigenvalue weighted by Gasteiger charge is -2.18. The third-order valence-corrected chi connectivity index (χ3v) is 3.78. The summed E-state index contributed by atoms with van der Waals surface area (Å²) >= 11 is 3.50. The molecule has 4 heteroatoms. The summed E-state index contributed by atoms with van der Waals surface area (Å²) in [5.74, 6) is -1.62. The molecular formula is C15H14BrF2N. The zero-order valence-electron chi connectivity index (χ0n) is 10.5. The molecule has 2 rings (SSSR count). The first-order valence-electron chi connectivity index (χ1n) is 5.97. The molecule has 0 saturated carbocycles. The van der Waals surface area contributed by atoms with E-state index in [1.54, 1.807) is 6.07 Å². The van der Waals surface area contributed by atoms with Gasteiger partial charge in [-0.3, -0.25) is 0 Å². The molecule has 0 radical (unpaired) electrons. The molecule has 2 aromatic carbocycles. The van der Waals surface area contributed by atoms with Crippen LogP contribution in [-0.2, 0) is 6.42 Å². The van der Waals surface area contributed by atoms with Crippen molar-refractivity contribution in [1.82, 2.24) is 5.32 Å². The number of likely N-dealkylation sites (N-methyl/N-ethyl adjacent to an activating group) is 1. The smallest absolute Gasteiger partial charge is 0.159 e. The molecule has 0 aliphatic heterocycles. The maximum atomic E-state index is 13.2. The van der Waals surface area contributed by atoms with Crippen LogP contribution in [0.3, 0.4) is 0 Å². The highest BCUT2D eigenvalue weighted by atomic mass is 79.9. The van der Waals surface area contributed by atoms with Crippen LogP contribution in [0.5, 0.6) is 0 Å². The second kappa shape index (κ2) is 6.26. The Kier molecular flexibility index (Phi) is 4.66. The zero-order chi connectivity index (χ0) is 13.8. The van der Waals surface area contributed by atoms with Crippen LogP contribution in [0.4, 0.5) is 8.78 Å². The molecule has 0 aliphatic rings. The minimum absolute atomic E-state index is 0.0421. The lowest BCUT2D eigenvalue weighted by atomic mass is 9.99. The number of hydrogen-bond donors (Lipinski definition) is 1. The van der Waals surface area contributed by atoms with Crippen molar-refractivity contribution in [3.8, 4) is 0 Å². The summed E-state index contributed by atoms with van der Waals surface area (Å²) in [4.78, 5) is 0. The average molecular weight is 326 g/mol. The van der Waals surface area contributed by atoms with Crippen molar-refractivity contribution in [3.63, 3.8) is 0 Å². The first-order valence-corrected chi connectivity index (χ1v) is 6.76. The summed E-state index contributed by atoms with van der Waals surface area (Å²) in [6.07, 6.45) is 0.594. The normalized spacial score (nSPS) is 12.4.